The van der Waals surface area contributed by atoms with Crippen molar-refractivity contribution < 1.29 is 19.8 Å². The van der Waals surface area contributed by atoms with E-state index >= 15 is 0 Å². The highest BCUT2D eigenvalue weighted by atomic mass is 16.3. The number of fused-ring (bicyclic) bond motifs is 5. The summed E-state index contributed by atoms with van der Waals surface area (Å²) in [6.45, 7) is 11.4. The van der Waals surface area contributed by atoms with E-state index in [2.05, 4.69) is 27.7 Å². The second-order valence-electron chi connectivity index (χ2n) is 13.5. The monoisotopic (exact) mass is 473 g/mol. The number of nitrogens with zero attached hydrogens (tertiary/aromatic N) is 1. The van der Waals surface area contributed by atoms with Crippen LogP contribution in [-0.2, 0) is 9.59 Å². The summed E-state index contributed by atoms with van der Waals surface area (Å²) < 4.78 is 0. The van der Waals surface area contributed by atoms with E-state index in [0.717, 1.165) is 51.5 Å². The van der Waals surface area contributed by atoms with E-state index in [1.807, 2.05) is 4.90 Å². The molecular formula is C29H47NO4. The second-order valence-corrected chi connectivity index (χ2v) is 13.5. The van der Waals surface area contributed by atoms with Crippen LogP contribution < -0.4 is 0 Å². The molecule has 4 aliphatic carbocycles. The molecule has 13 atom stereocenters. The molecule has 0 radical (unpaired) electrons. The Bertz CT molecular complexity index is 814. The molecule has 1 aliphatic heterocycles. The molecule has 0 aromatic heterocycles. The average molecular weight is 474 g/mol. The summed E-state index contributed by atoms with van der Waals surface area (Å²) in [4.78, 5) is 28.6. The molecule has 1 saturated heterocycles. The molecule has 0 bridgehead atoms. The second kappa shape index (κ2) is 8.87. The van der Waals surface area contributed by atoms with Gasteiger partial charge in [0.05, 0.1) is 18.2 Å². The minimum absolute atomic E-state index is 0.0541. The number of aliphatic hydroxyl groups is 2. The number of hydrogen-bond acceptors (Lipinski definition) is 4. The number of carbonyl (C=O) groups is 2. The highest BCUT2D eigenvalue weighted by Gasteiger charge is 2.63. The highest BCUT2D eigenvalue weighted by molar-refractivity contribution is 5.88. The molecule has 13 unspecified atom stereocenters. The van der Waals surface area contributed by atoms with Gasteiger partial charge in [0.15, 0.2) is 0 Å². The summed E-state index contributed by atoms with van der Waals surface area (Å²) in [5.74, 6) is 3.53. The Kier molecular flexibility index (Phi) is 6.45. The third-order valence-corrected chi connectivity index (χ3v) is 11.7. The third-order valence-electron chi connectivity index (χ3n) is 11.7. The maximum Gasteiger partial charge on any atom is 0.219 e. The molecule has 0 spiro atoms. The predicted molar refractivity (Wildman–Crippen MR) is 132 cm³/mol. The first kappa shape index (κ1) is 24.7. The van der Waals surface area contributed by atoms with Crippen LogP contribution in [0.5, 0.6) is 0 Å². The van der Waals surface area contributed by atoms with Gasteiger partial charge in [0.25, 0.3) is 0 Å². The Hall–Kier alpha value is -0.940. The first-order valence-electron chi connectivity index (χ1n) is 14.2. The lowest BCUT2D eigenvalue weighted by Gasteiger charge is -2.53. The third kappa shape index (κ3) is 3.70. The molecule has 34 heavy (non-hydrogen) atoms. The Morgan fingerprint density at radius 2 is 1.76 bits per heavy atom. The van der Waals surface area contributed by atoms with Crippen LogP contribution in [0.3, 0.4) is 0 Å². The smallest absolute Gasteiger partial charge is 0.219 e. The van der Waals surface area contributed by atoms with Gasteiger partial charge in [0.2, 0.25) is 5.91 Å². The standard InChI is InChI=1S/C29H47NO4/c1-15-12-24(33)27(30(14-15)18(4)31)17(3)21-8-9-22-23-7-6-19-13-20(32)10-11-29(19,5)26(23)28(34)25(22)16(21)2/h15-17,19-27,32-33H,6-14H2,1-5H3. The number of carbonyl (C=O) groups excluding carboxylic acids is 2. The zero-order valence-electron chi connectivity index (χ0n) is 22.0. The zero-order valence-corrected chi connectivity index (χ0v) is 22.0. The van der Waals surface area contributed by atoms with E-state index in [9.17, 15) is 19.8 Å². The Morgan fingerprint density at radius 1 is 1.06 bits per heavy atom. The fourth-order valence-electron chi connectivity index (χ4n) is 10.2. The topological polar surface area (TPSA) is 77.8 Å². The highest BCUT2D eigenvalue weighted by Crippen LogP contribution is 2.65. The van der Waals surface area contributed by atoms with Gasteiger partial charge < -0.3 is 15.1 Å². The molecule has 5 rings (SSSR count). The molecular weight excluding hydrogens is 426 g/mol. The maximum absolute atomic E-state index is 14.2. The molecule has 1 heterocycles. The summed E-state index contributed by atoms with van der Waals surface area (Å²) in [5, 5.41) is 21.4. The molecule has 1 amide bonds. The van der Waals surface area contributed by atoms with Crippen molar-refractivity contribution in [1.82, 2.24) is 4.90 Å². The molecule has 5 fully saturated rings. The number of rotatable bonds is 2. The maximum atomic E-state index is 14.2. The van der Waals surface area contributed by atoms with E-state index in [-0.39, 0.29) is 41.2 Å². The number of piperidine rings is 1. The van der Waals surface area contributed by atoms with Crippen LogP contribution in [0.25, 0.3) is 0 Å². The Labute approximate surface area is 206 Å². The lowest BCUT2D eigenvalue weighted by molar-refractivity contribution is -0.144. The largest absolute Gasteiger partial charge is 0.393 e. The lowest BCUT2D eigenvalue weighted by Crippen LogP contribution is -2.58. The number of likely N-dealkylation sites (tertiary alicyclic amines) is 1. The van der Waals surface area contributed by atoms with Crippen molar-refractivity contribution in [2.75, 3.05) is 6.54 Å². The summed E-state index contributed by atoms with van der Waals surface area (Å²) >= 11 is 0. The van der Waals surface area contributed by atoms with Gasteiger partial charge in [-0.1, -0.05) is 27.7 Å². The summed E-state index contributed by atoms with van der Waals surface area (Å²) in [5.41, 5.74) is 0.0541. The molecule has 5 heteroatoms. The minimum atomic E-state index is -0.484. The van der Waals surface area contributed by atoms with Crippen LogP contribution in [0, 0.1) is 58.7 Å². The fourth-order valence-corrected chi connectivity index (χ4v) is 10.2. The Balaban J connectivity index is 1.38. The van der Waals surface area contributed by atoms with Crippen LogP contribution in [0.2, 0.25) is 0 Å². The van der Waals surface area contributed by atoms with Crippen molar-refractivity contribution >= 4 is 11.7 Å². The normalized spacial score (nSPS) is 51.9. The van der Waals surface area contributed by atoms with Gasteiger partial charge in [0, 0.05) is 25.3 Å². The predicted octanol–water partition coefficient (Wildman–Crippen LogP) is 4.30. The quantitative estimate of drug-likeness (QED) is 0.627. The van der Waals surface area contributed by atoms with Crippen molar-refractivity contribution in [1.29, 1.82) is 0 Å². The van der Waals surface area contributed by atoms with Crippen LogP contribution in [0.1, 0.15) is 86.0 Å². The molecule has 0 aromatic carbocycles. The molecule has 192 valence electrons. The van der Waals surface area contributed by atoms with E-state index < -0.39 is 6.10 Å². The number of hydrogen-bond donors (Lipinski definition) is 2. The van der Waals surface area contributed by atoms with E-state index in [0.29, 0.717) is 41.3 Å². The van der Waals surface area contributed by atoms with Crippen LogP contribution in [0.15, 0.2) is 0 Å². The number of Topliss-reactive ketones (excluding diaryl/α,β-unsaturated/α-hetero) is 1. The van der Waals surface area contributed by atoms with E-state index in [4.69, 9.17) is 0 Å². The van der Waals surface area contributed by atoms with Crippen molar-refractivity contribution in [3.8, 4) is 0 Å². The zero-order chi connectivity index (χ0) is 24.5. The van der Waals surface area contributed by atoms with Gasteiger partial charge in [-0.05, 0) is 98.2 Å². The number of amides is 1. The lowest BCUT2D eigenvalue weighted by atomic mass is 9.52. The van der Waals surface area contributed by atoms with Crippen LogP contribution in [0.4, 0.5) is 0 Å². The van der Waals surface area contributed by atoms with Gasteiger partial charge in [-0.25, -0.2) is 0 Å². The van der Waals surface area contributed by atoms with Crippen LogP contribution in [-0.4, -0.2) is 51.6 Å². The van der Waals surface area contributed by atoms with Crippen molar-refractivity contribution in [3.05, 3.63) is 0 Å². The first-order valence-corrected chi connectivity index (χ1v) is 14.2. The molecule has 2 N–H and O–H groups in total. The molecule has 5 aliphatic rings. The molecule has 0 aromatic rings. The summed E-state index contributed by atoms with van der Waals surface area (Å²) in [7, 11) is 0. The van der Waals surface area contributed by atoms with E-state index in [1.54, 1.807) is 6.92 Å². The summed E-state index contributed by atoms with van der Waals surface area (Å²) in [6.07, 6.45) is 7.30. The van der Waals surface area contributed by atoms with Gasteiger partial charge >= 0.3 is 0 Å². The first-order chi connectivity index (χ1) is 16.0. The van der Waals surface area contributed by atoms with E-state index in [1.165, 1.54) is 6.42 Å². The van der Waals surface area contributed by atoms with Crippen molar-refractivity contribution in [3.63, 3.8) is 0 Å². The number of ketones is 1. The number of aliphatic hydroxyl groups excluding tert-OH is 2. The molecule has 4 saturated carbocycles. The van der Waals surface area contributed by atoms with Gasteiger partial charge in [-0.15, -0.1) is 0 Å². The van der Waals surface area contributed by atoms with Crippen molar-refractivity contribution in [2.45, 2.75) is 104 Å². The van der Waals surface area contributed by atoms with Crippen LogP contribution >= 0.6 is 0 Å². The average Bonchev–Trinajstić information content (AvgIpc) is 3.07. The summed E-state index contributed by atoms with van der Waals surface area (Å²) in [6, 6.07) is -0.141. The molecule has 5 nitrogen and oxygen atoms in total. The SMILES string of the molecule is CC(=O)N1CC(C)CC(O)C1C(C)C1CCC2C3CCC4CC(O)CCC4(C)C3C(=O)C2C1C. The fraction of sp³-hybridized carbons (Fsp3) is 0.931. The van der Waals surface area contributed by atoms with Crippen molar-refractivity contribution in [2.24, 2.45) is 58.7 Å². The minimum Gasteiger partial charge on any atom is -0.393 e. The van der Waals surface area contributed by atoms with Gasteiger partial charge in [-0.3, -0.25) is 9.59 Å². The Morgan fingerprint density at radius 3 is 2.47 bits per heavy atom. The van der Waals surface area contributed by atoms with Gasteiger partial charge in [0.1, 0.15) is 5.78 Å². The van der Waals surface area contributed by atoms with Gasteiger partial charge in [-0.2, -0.15) is 0 Å².